The van der Waals surface area contributed by atoms with Crippen molar-refractivity contribution < 1.29 is 5.11 Å². The van der Waals surface area contributed by atoms with Crippen molar-refractivity contribution in [3.05, 3.63) is 90.1 Å². The molecule has 0 spiro atoms. The molecule has 1 N–H and O–H groups in total. The number of fused-ring (bicyclic) bond motifs is 1. The van der Waals surface area contributed by atoms with Gasteiger partial charge in [-0.25, -0.2) is 9.97 Å². The molecule has 31 heavy (non-hydrogen) atoms. The van der Waals surface area contributed by atoms with Crippen molar-refractivity contribution in [2.24, 2.45) is 11.8 Å². The maximum absolute atomic E-state index is 11.0. The van der Waals surface area contributed by atoms with Crippen molar-refractivity contribution in [2.45, 2.75) is 46.0 Å². The molecule has 0 saturated heterocycles. The number of allylic oxidation sites excluding steroid dienone is 12. The van der Waals surface area contributed by atoms with Crippen LogP contribution in [-0.4, -0.2) is 19.5 Å². The van der Waals surface area contributed by atoms with E-state index in [9.17, 15) is 5.11 Å². The number of aromatic nitrogens is 3. The van der Waals surface area contributed by atoms with Gasteiger partial charge in [-0.1, -0.05) is 73.8 Å². The fourth-order valence-electron chi connectivity index (χ4n) is 4.21. The third kappa shape index (κ3) is 4.79. The third-order valence-corrected chi connectivity index (χ3v) is 5.96. The molecule has 4 rings (SSSR count). The van der Waals surface area contributed by atoms with Crippen LogP contribution in [0.3, 0.4) is 0 Å². The van der Waals surface area contributed by atoms with E-state index in [1.807, 2.05) is 29.7 Å². The second kappa shape index (κ2) is 9.78. The second-order valence-corrected chi connectivity index (χ2v) is 8.34. The standard InChI is InChI=1S/C27H31N3O/c1-3-4-5-6-10-17-23-26-29-24(18-21-14-8-7-9-15-21)27(31)30(26)19-25(28-23)22-16-12-11-13-20(22)2/h3-9,11-12,14,16,19-21,31H,10,13,15,17-18H2,1-2H3/b4-3-,6-5-/t20?,21-/m0/s1. The molecule has 2 aromatic heterocycles. The molecule has 0 amide bonds. The van der Waals surface area contributed by atoms with E-state index in [1.54, 1.807) is 0 Å². The summed E-state index contributed by atoms with van der Waals surface area (Å²) in [6.07, 6.45) is 29.6. The zero-order chi connectivity index (χ0) is 21.6. The quantitative estimate of drug-likeness (QED) is 0.554. The molecule has 0 radical (unpaired) electrons. The van der Waals surface area contributed by atoms with Crippen LogP contribution in [0, 0.1) is 11.8 Å². The Morgan fingerprint density at radius 2 is 1.97 bits per heavy atom. The van der Waals surface area contributed by atoms with E-state index in [4.69, 9.17) is 9.97 Å². The molecule has 4 heteroatoms. The highest BCUT2D eigenvalue weighted by Gasteiger charge is 2.21. The molecule has 0 fully saturated rings. The van der Waals surface area contributed by atoms with Gasteiger partial charge in [-0.3, -0.25) is 4.40 Å². The van der Waals surface area contributed by atoms with Gasteiger partial charge in [-0.2, -0.15) is 0 Å². The van der Waals surface area contributed by atoms with Gasteiger partial charge in [-0.05, 0) is 50.0 Å². The Balaban J connectivity index is 1.72. The van der Waals surface area contributed by atoms with Gasteiger partial charge in [0, 0.05) is 12.6 Å². The van der Waals surface area contributed by atoms with Crippen LogP contribution in [0.5, 0.6) is 5.88 Å². The first-order valence-corrected chi connectivity index (χ1v) is 11.3. The molecule has 2 heterocycles. The number of hydrogen-bond donors (Lipinski definition) is 1. The highest BCUT2D eigenvalue weighted by molar-refractivity contribution is 5.68. The van der Waals surface area contributed by atoms with Crippen molar-refractivity contribution in [3.8, 4) is 5.88 Å². The van der Waals surface area contributed by atoms with Crippen molar-refractivity contribution in [1.29, 1.82) is 0 Å². The Morgan fingerprint density at radius 1 is 1.10 bits per heavy atom. The summed E-state index contributed by atoms with van der Waals surface area (Å²) >= 11 is 0. The predicted octanol–water partition coefficient (Wildman–Crippen LogP) is 6.15. The molecule has 0 aromatic carbocycles. The van der Waals surface area contributed by atoms with Gasteiger partial charge >= 0.3 is 0 Å². The van der Waals surface area contributed by atoms with Gasteiger partial charge in [0.15, 0.2) is 5.65 Å². The second-order valence-electron chi connectivity index (χ2n) is 8.34. The van der Waals surface area contributed by atoms with Crippen molar-refractivity contribution in [2.75, 3.05) is 0 Å². The van der Waals surface area contributed by atoms with Gasteiger partial charge in [0.05, 0.1) is 11.4 Å². The summed E-state index contributed by atoms with van der Waals surface area (Å²) in [5.41, 5.74) is 4.60. The minimum atomic E-state index is 0.243. The molecular formula is C27H31N3O. The number of rotatable bonds is 7. The number of aryl methyl sites for hydroxylation is 1. The average Bonchev–Trinajstić information content (AvgIpc) is 3.10. The van der Waals surface area contributed by atoms with Crippen LogP contribution in [0.1, 0.15) is 50.2 Å². The zero-order valence-corrected chi connectivity index (χ0v) is 18.4. The lowest BCUT2D eigenvalue weighted by Gasteiger charge is -2.17. The topological polar surface area (TPSA) is 50.4 Å². The fraction of sp³-hybridized carbons (Fsp3) is 0.333. The summed E-state index contributed by atoms with van der Waals surface area (Å²) in [5, 5.41) is 11.0. The van der Waals surface area contributed by atoms with Gasteiger partial charge in [0.1, 0.15) is 5.69 Å². The Hall–Kier alpha value is -3.14. The van der Waals surface area contributed by atoms with E-state index in [0.29, 0.717) is 11.8 Å². The van der Waals surface area contributed by atoms with Crippen molar-refractivity contribution in [3.63, 3.8) is 0 Å². The summed E-state index contributed by atoms with van der Waals surface area (Å²) in [5.74, 6) is 1.01. The molecule has 2 aliphatic rings. The summed E-state index contributed by atoms with van der Waals surface area (Å²) < 4.78 is 1.84. The number of imidazole rings is 1. The minimum Gasteiger partial charge on any atom is -0.493 e. The van der Waals surface area contributed by atoms with Gasteiger partial charge in [0.25, 0.3) is 0 Å². The average molecular weight is 414 g/mol. The third-order valence-electron chi connectivity index (χ3n) is 5.96. The number of aromatic hydroxyl groups is 1. The van der Waals surface area contributed by atoms with Crippen LogP contribution >= 0.6 is 0 Å². The minimum absolute atomic E-state index is 0.243. The summed E-state index contributed by atoms with van der Waals surface area (Å²) in [6, 6.07) is 0. The van der Waals surface area contributed by atoms with Crippen LogP contribution in [0.2, 0.25) is 0 Å². The molecule has 2 aliphatic carbocycles. The highest BCUT2D eigenvalue weighted by atomic mass is 16.3. The smallest absolute Gasteiger partial charge is 0.219 e. The van der Waals surface area contributed by atoms with Crippen LogP contribution < -0.4 is 0 Å². The maximum atomic E-state index is 11.0. The Morgan fingerprint density at radius 3 is 2.74 bits per heavy atom. The first-order chi connectivity index (χ1) is 15.2. The molecule has 0 aliphatic heterocycles. The lowest BCUT2D eigenvalue weighted by atomic mass is 9.91. The first kappa shape index (κ1) is 21.1. The Labute approximate surface area is 184 Å². The molecule has 2 atom stereocenters. The molecule has 0 saturated carbocycles. The first-order valence-electron chi connectivity index (χ1n) is 11.3. The van der Waals surface area contributed by atoms with E-state index < -0.39 is 0 Å². The highest BCUT2D eigenvalue weighted by Crippen LogP contribution is 2.32. The van der Waals surface area contributed by atoms with Gasteiger partial charge < -0.3 is 5.11 Å². The normalized spacial score (nSPS) is 21.0. The monoisotopic (exact) mass is 413 g/mol. The fourth-order valence-corrected chi connectivity index (χ4v) is 4.21. The molecule has 4 nitrogen and oxygen atoms in total. The summed E-state index contributed by atoms with van der Waals surface area (Å²) in [7, 11) is 0. The molecule has 0 bridgehead atoms. The summed E-state index contributed by atoms with van der Waals surface area (Å²) in [4.78, 5) is 9.87. The van der Waals surface area contributed by atoms with Crippen molar-refractivity contribution in [1.82, 2.24) is 14.4 Å². The van der Waals surface area contributed by atoms with Crippen molar-refractivity contribution >= 4 is 11.2 Å². The van der Waals surface area contributed by atoms with E-state index >= 15 is 0 Å². The zero-order valence-electron chi connectivity index (χ0n) is 18.4. The van der Waals surface area contributed by atoms with Crippen LogP contribution in [0.15, 0.2) is 73.0 Å². The lowest BCUT2D eigenvalue weighted by Crippen LogP contribution is -2.07. The SMILES string of the molecule is C/C=C\C=C/CCc1nc(C2=CC=CCC2C)cn2c(O)c(C[C@H]3C=CC=CC3)nc12. The number of nitrogens with zero attached hydrogens (tertiary/aromatic N) is 3. The van der Waals surface area contributed by atoms with E-state index in [-0.39, 0.29) is 5.88 Å². The maximum Gasteiger partial charge on any atom is 0.219 e. The molecule has 160 valence electrons. The van der Waals surface area contributed by atoms with Crippen LogP contribution in [0.25, 0.3) is 11.2 Å². The Bertz CT molecular complexity index is 1110. The van der Waals surface area contributed by atoms with Gasteiger partial charge in [0.2, 0.25) is 5.88 Å². The van der Waals surface area contributed by atoms with Crippen LogP contribution in [0.4, 0.5) is 0 Å². The van der Waals surface area contributed by atoms with E-state index in [2.05, 4.69) is 61.6 Å². The number of hydrogen-bond acceptors (Lipinski definition) is 3. The summed E-state index contributed by atoms with van der Waals surface area (Å²) in [6.45, 7) is 4.24. The lowest BCUT2D eigenvalue weighted by molar-refractivity contribution is 0.436. The molecule has 2 aromatic rings. The predicted molar refractivity (Wildman–Crippen MR) is 128 cm³/mol. The Kier molecular flexibility index (Phi) is 6.66. The van der Waals surface area contributed by atoms with E-state index in [0.717, 1.165) is 54.8 Å². The molecular weight excluding hydrogens is 382 g/mol. The van der Waals surface area contributed by atoms with Gasteiger partial charge in [-0.15, -0.1) is 0 Å². The molecule has 1 unspecified atom stereocenters. The largest absolute Gasteiger partial charge is 0.493 e. The van der Waals surface area contributed by atoms with Crippen LogP contribution in [-0.2, 0) is 12.8 Å². The van der Waals surface area contributed by atoms with E-state index in [1.165, 1.54) is 5.57 Å².